The predicted molar refractivity (Wildman–Crippen MR) is 166 cm³/mol. The second-order valence-corrected chi connectivity index (χ2v) is 10.6. The molecule has 0 bridgehead atoms. The molecule has 42 heavy (non-hydrogen) atoms. The van der Waals surface area contributed by atoms with Crippen LogP contribution in [0.2, 0.25) is 0 Å². The Hall–Kier alpha value is -4.82. The van der Waals surface area contributed by atoms with Crippen molar-refractivity contribution in [1.82, 2.24) is 4.90 Å². The van der Waals surface area contributed by atoms with Gasteiger partial charge in [0.05, 0.1) is 0 Å². The van der Waals surface area contributed by atoms with Gasteiger partial charge in [0, 0.05) is 29.8 Å². The highest BCUT2D eigenvalue weighted by Gasteiger charge is 2.23. The van der Waals surface area contributed by atoms with Crippen molar-refractivity contribution in [3.05, 3.63) is 120 Å². The quantitative estimate of drug-likeness (QED) is 0.150. The second-order valence-electron chi connectivity index (χ2n) is 10.6. The van der Waals surface area contributed by atoms with E-state index in [4.69, 9.17) is 15.9 Å². The number of terminal acetylenes is 1. The summed E-state index contributed by atoms with van der Waals surface area (Å²) in [6.07, 6.45) is 9.36. The fourth-order valence-corrected chi connectivity index (χ4v) is 5.34. The summed E-state index contributed by atoms with van der Waals surface area (Å²) in [6, 6.07) is 32.6. The lowest BCUT2D eigenvalue weighted by Crippen LogP contribution is -2.41. The van der Waals surface area contributed by atoms with Crippen LogP contribution < -0.4 is 9.47 Å². The number of carbonyl (C=O) groups excluding carboxylic acids is 2. The van der Waals surface area contributed by atoms with Gasteiger partial charge in [-0.3, -0.25) is 9.59 Å². The van der Waals surface area contributed by atoms with E-state index in [2.05, 4.69) is 18.1 Å². The minimum absolute atomic E-state index is 0.000350. The molecule has 1 aliphatic rings. The van der Waals surface area contributed by atoms with Crippen molar-refractivity contribution in [2.45, 2.75) is 25.7 Å². The molecule has 4 aromatic carbocycles. The third-order valence-electron chi connectivity index (χ3n) is 7.79. The lowest BCUT2D eigenvalue weighted by molar-refractivity contribution is -0.134. The van der Waals surface area contributed by atoms with Crippen molar-refractivity contribution in [3.8, 4) is 35.0 Å². The van der Waals surface area contributed by atoms with E-state index < -0.39 is 0 Å². The first-order valence-electron chi connectivity index (χ1n) is 14.5. The molecule has 1 heterocycles. The van der Waals surface area contributed by atoms with Gasteiger partial charge in [-0.15, -0.1) is 6.42 Å². The number of hydrogen-bond donors (Lipinski definition) is 0. The summed E-state index contributed by atoms with van der Waals surface area (Å²) in [5.74, 6) is 4.52. The lowest BCUT2D eigenvalue weighted by Gasteiger charge is -2.32. The van der Waals surface area contributed by atoms with E-state index in [9.17, 15) is 9.59 Å². The van der Waals surface area contributed by atoms with Crippen LogP contribution in [0, 0.1) is 18.3 Å². The van der Waals surface area contributed by atoms with E-state index in [-0.39, 0.29) is 24.9 Å². The number of ketones is 1. The van der Waals surface area contributed by atoms with E-state index in [0.717, 1.165) is 55.6 Å². The summed E-state index contributed by atoms with van der Waals surface area (Å²) in [7, 11) is 0. The minimum Gasteiger partial charge on any atom is -0.483 e. The van der Waals surface area contributed by atoms with Crippen molar-refractivity contribution < 1.29 is 19.1 Å². The molecule has 0 saturated carbocycles. The van der Waals surface area contributed by atoms with Gasteiger partial charge >= 0.3 is 0 Å². The van der Waals surface area contributed by atoms with Crippen LogP contribution in [-0.2, 0) is 11.2 Å². The van der Waals surface area contributed by atoms with Crippen LogP contribution in [-0.4, -0.2) is 42.9 Å². The maximum Gasteiger partial charge on any atom is 0.260 e. The molecule has 0 aliphatic carbocycles. The van der Waals surface area contributed by atoms with Gasteiger partial charge < -0.3 is 14.4 Å². The molecule has 4 aromatic rings. The fraction of sp³-hybridized carbons (Fsp3) is 0.243. The molecule has 5 heteroatoms. The maximum atomic E-state index is 13.0. The number of ether oxygens (including phenoxy) is 2. The Kier molecular flexibility index (Phi) is 9.69. The van der Waals surface area contributed by atoms with Crippen LogP contribution in [0.3, 0.4) is 0 Å². The number of aryl methyl sites for hydroxylation is 1. The fourth-order valence-electron chi connectivity index (χ4n) is 5.34. The average Bonchev–Trinajstić information content (AvgIpc) is 3.06. The first-order chi connectivity index (χ1) is 20.6. The molecule has 212 valence electrons. The summed E-state index contributed by atoms with van der Waals surface area (Å²) in [5.41, 5.74) is 4.39. The van der Waals surface area contributed by atoms with Gasteiger partial charge in [-0.05, 0) is 60.9 Å². The number of likely N-dealkylation sites (tertiary alicyclic amines) is 1. The number of benzene rings is 4. The number of carbonyl (C=O) groups is 2. The Morgan fingerprint density at radius 2 is 1.45 bits per heavy atom. The van der Waals surface area contributed by atoms with E-state index in [1.165, 1.54) is 5.56 Å². The van der Waals surface area contributed by atoms with Gasteiger partial charge in [0.15, 0.2) is 12.4 Å². The molecular formula is C37H35NO4. The summed E-state index contributed by atoms with van der Waals surface area (Å²) in [4.78, 5) is 27.7. The molecule has 0 radical (unpaired) electrons. The molecule has 0 aromatic heterocycles. The Bertz CT molecular complexity index is 1510. The first-order valence-corrected chi connectivity index (χ1v) is 14.5. The Labute approximate surface area is 248 Å². The average molecular weight is 558 g/mol. The van der Waals surface area contributed by atoms with Gasteiger partial charge in [-0.1, -0.05) is 90.8 Å². The normalized spacial score (nSPS) is 13.3. The zero-order valence-corrected chi connectivity index (χ0v) is 23.7. The Morgan fingerprint density at radius 3 is 2.17 bits per heavy atom. The third kappa shape index (κ3) is 7.47. The van der Waals surface area contributed by atoms with Crippen LogP contribution in [0.15, 0.2) is 103 Å². The summed E-state index contributed by atoms with van der Waals surface area (Å²) < 4.78 is 11.5. The monoisotopic (exact) mass is 557 g/mol. The molecule has 0 atom stereocenters. The predicted octanol–water partition coefficient (Wildman–Crippen LogP) is 6.85. The molecule has 1 aliphatic heterocycles. The van der Waals surface area contributed by atoms with Crippen LogP contribution in [0.1, 0.15) is 40.7 Å². The summed E-state index contributed by atoms with van der Waals surface area (Å²) in [5, 5.41) is 0. The van der Waals surface area contributed by atoms with Crippen molar-refractivity contribution in [2.24, 2.45) is 5.92 Å². The molecule has 0 N–H and O–H groups in total. The number of rotatable bonds is 11. The Balaban J connectivity index is 1.10. The van der Waals surface area contributed by atoms with E-state index in [1.807, 2.05) is 95.9 Å². The molecule has 5 nitrogen and oxygen atoms in total. The van der Waals surface area contributed by atoms with Crippen molar-refractivity contribution in [1.29, 1.82) is 0 Å². The van der Waals surface area contributed by atoms with Gasteiger partial charge in [-0.25, -0.2) is 0 Å². The number of nitrogens with zero attached hydrogens (tertiary/aromatic N) is 1. The number of hydrogen-bond acceptors (Lipinski definition) is 4. The molecular weight excluding hydrogens is 522 g/mol. The topological polar surface area (TPSA) is 55.8 Å². The highest BCUT2D eigenvalue weighted by Crippen LogP contribution is 2.31. The van der Waals surface area contributed by atoms with Crippen LogP contribution in [0.5, 0.6) is 11.5 Å². The van der Waals surface area contributed by atoms with E-state index in [0.29, 0.717) is 22.8 Å². The third-order valence-corrected chi connectivity index (χ3v) is 7.79. The minimum atomic E-state index is -0.0122. The standard InChI is InChI=1S/C37H35NO4/c1-2-26-41-33-20-14-28(15-21-33)12-13-29-22-24-38(25-23-29)36(39)27-42-35-11-7-6-10-34(35)30-16-18-32(19-17-30)37(40)31-8-4-3-5-9-31/h1,3-11,14-21,29H,12-13,22-27H2. The summed E-state index contributed by atoms with van der Waals surface area (Å²) in [6.45, 7) is 1.79. The Morgan fingerprint density at radius 1 is 0.786 bits per heavy atom. The number of amides is 1. The molecule has 5 rings (SSSR count). The van der Waals surface area contributed by atoms with E-state index >= 15 is 0 Å². The lowest BCUT2D eigenvalue weighted by atomic mass is 9.90. The zero-order chi connectivity index (χ0) is 29.1. The smallest absolute Gasteiger partial charge is 0.260 e. The van der Waals surface area contributed by atoms with Crippen molar-refractivity contribution in [3.63, 3.8) is 0 Å². The van der Waals surface area contributed by atoms with Gasteiger partial charge in [0.1, 0.15) is 18.1 Å². The number of piperidine rings is 1. The molecule has 1 fully saturated rings. The van der Waals surface area contributed by atoms with Gasteiger partial charge in [0.25, 0.3) is 5.91 Å². The maximum absolute atomic E-state index is 13.0. The van der Waals surface area contributed by atoms with Crippen LogP contribution in [0.25, 0.3) is 11.1 Å². The zero-order valence-electron chi connectivity index (χ0n) is 23.7. The second kappa shape index (κ2) is 14.2. The molecule has 0 spiro atoms. The largest absolute Gasteiger partial charge is 0.483 e. The van der Waals surface area contributed by atoms with Gasteiger partial charge in [0.2, 0.25) is 0 Å². The molecule has 1 saturated heterocycles. The molecule has 1 amide bonds. The van der Waals surface area contributed by atoms with Crippen molar-refractivity contribution >= 4 is 11.7 Å². The van der Waals surface area contributed by atoms with E-state index in [1.54, 1.807) is 0 Å². The highest BCUT2D eigenvalue weighted by molar-refractivity contribution is 6.09. The van der Waals surface area contributed by atoms with Crippen molar-refractivity contribution in [2.75, 3.05) is 26.3 Å². The summed E-state index contributed by atoms with van der Waals surface area (Å²) >= 11 is 0. The van der Waals surface area contributed by atoms with Gasteiger partial charge in [-0.2, -0.15) is 0 Å². The van der Waals surface area contributed by atoms with Crippen LogP contribution >= 0.6 is 0 Å². The number of para-hydroxylation sites is 1. The highest BCUT2D eigenvalue weighted by atomic mass is 16.5. The first kappa shape index (κ1) is 28.7. The SMILES string of the molecule is C#CCOc1ccc(CCC2CCN(C(=O)COc3ccccc3-c3ccc(C(=O)c4ccccc4)cc3)CC2)cc1. The van der Waals surface area contributed by atoms with Crippen LogP contribution in [0.4, 0.5) is 0 Å². The molecule has 0 unspecified atom stereocenters.